The molecule has 0 aliphatic carbocycles. The molecule has 1 saturated heterocycles. The minimum absolute atomic E-state index is 0.0365. The monoisotopic (exact) mass is 195 g/mol. The number of nitrogens with one attached hydrogen (secondary N) is 3. The van der Waals surface area contributed by atoms with E-state index in [1.54, 1.807) is 6.33 Å². The van der Waals surface area contributed by atoms with Crippen molar-refractivity contribution in [3.8, 4) is 0 Å². The first-order valence-electron chi connectivity index (χ1n) is 4.25. The number of carbonyl (C=O) groups is 1. The highest BCUT2D eigenvalue weighted by atomic mass is 16.6. The van der Waals surface area contributed by atoms with Gasteiger partial charge in [-0.15, -0.1) is 0 Å². The van der Waals surface area contributed by atoms with Crippen LogP contribution < -0.4 is 16.2 Å². The quantitative estimate of drug-likeness (QED) is 0.485. The molecule has 0 bridgehead atoms. The maximum atomic E-state index is 11.2. The Hall–Kier alpha value is -1.60. The van der Waals surface area contributed by atoms with Crippen molar-refractivity contribution in [2.45, 2.75) is 12.3 Å². The van der Waals surface area contributed by atoms with E-state index in [1.807, 2.05) is 11.6 Å². The smallest absolute Gasteiger partial charge is 0.334 e. The van der Waals surface area contributed by atoms with Crippen molar-refractivity contribution in [3.63, 3.8) is 0 Å². The number of hydrogen-bond donors (Lipinski definition) is 3. The van der Waals surface area contributed by atoms with Crippen LogP contribution in [0.4, 0.5) is 10.6 Å². The number of urea groups is 1. The summed E-state index contributed by atoms with van der Waals surface area (Å²) in [5.41, 5.74) is 6.08. The lowest BCUT2D eigenvalue weighted by atomic mass is 10.3. The molecule has 2 atom stereocenters. The molecule has 3 N–H and O–H groups in total. The van der Waals surface area contributed by atoms with E-state index >= 15 is 0 Å². The Kier molecular flexibility index (Phi) is 1.36. The first-order chi connectivity index (χ1) is 6.75. The van der Waals surface area contributed by atoms with Crippen molar-refractivity contribution < 1.29 is 9.53 Å². The number of ether oxygens (including phenoxy) is 1. The van der Waals surface area contributed by atoms with Gasteiger partial charge in [-0.05, 0) is 0 Å². The van der Waals surface area contributed by atoms with Crippen LogP contribution in [0.3, 0.4) is 0 Å². The number of fused-ring (bicyclic) bond motifs is 3. The Bertz CT molecular complexity index is 401. The molecule has 2 aliphatic rings. The lowest BCUT2D eigenvalue weighted by molar-refractivity contribution is 0.243. The van der Waals surface area contributed by atoms with Crippen molar-refractivity contribution in [1.82, 2.24) is 20.4 Å². The minimum atomic E-state index is -0.334. The SMILES string of the molecule is Cn1cnc2c1C1OC1NNC(=O)N2. The number of epoxide rings is 1. The van der Waals surface area contributed by atoms with Gasteiger partial charge in [0.15, 0.2) is 12.0 Å². The van der Waals surface area contributed by atoms with Crippen LogP contribution in [0.5, 0.6) is 0 Å². The molecule has 2 aliphatic heterocycles. The standard InChI is InChI=1S/C7H9N5O2/c1-12-2-8-5-3(12)4-6(14-4)10-11-7(13)9-5/h2,4,6,10H,1H3,(H2,9,11,13). The van der Waals surface area contributed by atoms with Crippen LogP contribution in [-0.2, 0) is 11.8 Å². The summed E-state index contributed by atoms with van der Waals surface area (Å²) < 4.78 is 7.17. The molecule has 0 radical (unpaired) electrons. The summed E-state index contributed by atoms with van der Waals surface area (Å²) in [6, 6.07) is -0.334. The molecule has 3 heterocycles. The molecular weight excluding hydrogens is 186 g/mol. The molecule has 2 amide bonds. The molecule has 0 aromatic carbocycles. The maximum Gasteiger partial charge on any atom is 0.334 e. The van der Waals surface area contributed by atoms with Crippen molar-refractivity contribution in [1.29, 1.82) is 0 Å². The Morgan fingerprint density at radius 2 is 2.50 bits per heavy atom. The van der Waals surface area contributed by atoms with E-state index in [0.29, 0.717) is 5.82 Å². The topological polar surface area (TPSA) is 83.5 Å². The highest BCUT2D eigenvalue weighted by Gasteiger charge is 2.45. The average molecular weight is 195 g/mol. The fourth-order valence-electron chi connectivity index (χ4n) is 1.58. The second-order valence-electron chi connectivity index (χ2n) is 3.29. The first kappa shape index (κ1) is 7.77. The van der Waals surface area contributed by atoms with Gasteiger partial charge in [-0.3, -0.25) is 10.7 Å². The average Bonchev–Trinajstić information content (AvgIpc) is 2.80. The van der Waals surface area contributed by atoms with Crippen molar-refractivity contribution in [2.24, 2.45) is 7.05 Å². The summed E-state index contributed by atoms with van der Waals surface area (Å²) in [6.07, 6.45) is 1.47. The number of rotatable bonds is 0. The van der Waals surface area contributed by atoms with Gasteiger partial charge >= 0.3 is 6.03 Å². The van der Waals surface area contributed by atoms with E-state index in [2.05, 4.69) is 21.2 Å². The van der Waals surface area contributed by atoms with Crippen molar-refractivity contribution >= 4 is 11.8 Å². The van der Waals surface area contributed by atoms with E-state index in [1.165, 1.54) is 0 Å². The molecule has 3 rings (SSSR count). The van der Waals surface area contributed by atoms with Crippen molar-refractivity contribution in [3.05, 3.63) is 12.0 Å². The van der Waals surface area contributed by atoms with Crippen LogP contribution in [0.2, 0.25) is 0 Å². The van der Waals surface area contributed by atoms with Gasteiger partial charge in [-0.1, -0.05) is 0 Å². The van der Waals surface area contributed by atoms with Gasteiger partial charge in [-0.2, -0.15) is 0 Å². The lowest BCUT2D eigenvalue weighted by Gasteiger charge is -2.10. The summed E-state index contributed by atoms with van der Waals surface area (Å²) in [4.78, 5) is 15.3. The molecule has 0 spiro atoms. The van der Waals surface area contributed by atoms with Gasteiger partial charge in [0.05, 0.1) is 12.0 Å². The van der Waals surface area contributed by atoms with E-state index < -0.39 is 0 Å². The molecule has 7 heteroatoms. The Morgan fingerprint density at radius 3 is 3.36 bits per heavy atom. The third-order valence-electron chi connectivity index (χ3n) is 2.30. The number of carbonyl (C=O) groups excluding carboxylic acids is 1. The minimum Gasteiger partial charge on any atom is -0.345 e. The van der Waals surface area contributed by atoms with Crippen LogP contribution >= 0.6 is 0 Å². The largest absolute Gasteiger partial charge is 0.345 e. The predicted octanol–water partition coefficient (Wildman–Crippen LogP) is -0.543. The van der Waals surface area contributed by atoms with E-state index in [9.17, 15) is 4.79 Å². The number of imidazole rings is 1. The number of hydrazine groups is 1. The highest BCUT2D eigenvalue weighted by molar-refractivity contribution is 5.88. The van der Waals surface area contributed by atoms with Crippen molar-refractivity contribution in [2.75, 3.05) is 5.32 Å². The highest BCUT2D eigenvalue weighted by Crippen LogP contribution is 2.40. The second kappa shape index (κ2) is 2.46. The zero-order chi connectivity index (χ0) is 9.71. The number of aromatic nitrogens is 2. The number of hydrogen-bond acceptors (Lipinski definition) is 4. The maximum absolute atomic E-state index is 11.2. The van der Waals surface area contributed by atoms with E-state index in [-0.39, 0.29) is 18.4 Å². The molecule has 0 saturated carbocycles. The molecule has 14 heavy (non-hydrogen) atoms. The molecule has 74 valence electrons. The summed E-state index contributed by atoms with van der Waals surface area (Å²) >= 11 is 0. The van der Waals surface area contributed by atoms with Gasteiger partial charge in [0.25, 0.3) is 0 Å². The first-order valence-corrected chi connectivity index (χ1v) is 4.25. The third kappa shape index (κ3) is 0.994. The van der Waals surface area contributed by atoms with Crippen LogP contribution in [0.1, 0.15) is 11.8 Å². The number of anilines is 1. The zero-order valence-corrected chi connectivity index (χ0v) is 7.44. The normalized spacial score (nSPS) is 29.1. The molecule has 1 fully saturated rings. The van der Waals surface area contributed by atoms with Gasteiger partial charge in [0, 0.05) is 7.05 Å². The fourth-order valence-corrected chi connectivity index (χ4v) is 1.58. The van der Waals surface area contributed by atoms with Gasteiger partial charge in [-0.25, -0.2) is 15.2 Å². The molecule has 2 unspecified atom stereocenters. The van der Waals surface area contributed by atoms with Crippen LogP contribution in [0.15, 0.2) is 6.33 Å². The summed E-state index contributed by atoms with van der Waals surface area (Å²) in [7, 11) is 1.87. The molecule has 7 nitrogen and oxygen atoms in total. The predicted molar refractivity (Wildman–Crippen MR) is 46.1 cm³/mol. The molecular formula is C7H9N5O2. The fraction of sp³-hybridized carbons (Fsp3) is 0.429. The van der Waals surface area contributed by atoms with Gasteiger partial charge < -0.3 is 9.30 Å². The number of aryl methyl sites for hydroxylation is 1. The summed E-state index contributed by atoms with van der Waals surface area (Å²) in [5.74, 6) is 0.555. The third-order valence-corrected chi connectivity index (χ3v) is 2.30. The van der Waals surface area contributed by atoms with E-state index in [4.69, 9.17) is 4.74 Å². The van der Waals surface area contributed by atoms with E-state index in [0.717, 1.165) is 5.69 Å². The van der Waals surface area contributed by atoms with Crippen LogP contribution in [0.25, 0.3) is 0 Å². The zero-order valence-electron chi connectivity index (χ0n) is 7.44. The Morgan fingerprint density at radius 1 is 1.64 bits per heavy atom. The molecule has 1 aromatic heterocycles. The number of nitrogens with zero attached hydrogens (tertiary/aromatic N) is 2. The number of amides is 2. The summed E-state index contributed by atoms with van der Waals surface area (Å²) in [5, 5.41) is 2.62. The van der Waals surface area contributed by atoms with Gasteiger partial charge in [0.1, 0.15) is 6.10 Å². The molecule has 1 aromatic rings. The lowest BCUT2D eigenvalue weighted by Crippen LogP contribution is -2.43. The van der Waals surface area contributed by atoms with Gasteiger partial charge in [0.2, 0.25) is 0 Å². The van der Waals surface area contributed by atoms with Crippen LogP contribution in [0, 0.1) is 0 Å². The Balaban J connectivity index is 2.05. The second-order valence-corrected chi connectivity index (χ2v) is 3.29. The summed E-state index contributed by atoms with van der Waals surface area (Å²) in [6.45, 7) is 0. The van der Waals surface area contributed by atoms with Crippen LogP contribution in [-0.4, -0.2) is 21.8 Å². The Labute approximate surface area is 79.4 Å².